The summed E-state index contributed by atoms with van der Waals surface area (Å²) in [6, 6.07) is 5.38. The van der Waals surface area contributed by atoms with Crippen molar-refractivity contribution in [3.63, 3.8) is 0 Å². The average molecular weight is 332 g/mol. The van der Waals surface area contributed by atoms with Gasteiger partial charge in [0.1, 0.15) is 11.3 Å². The van der Waals surface area contributed by atoms with Gasteiger partial charge in [0.25, 0.3) is 0 Å². The van der Waals surface area contributed by atoms with Crippen molar-refractivity contribution in [3.8, 4) is 5.75 Å². The maximum Gasteiger partial charge on any atom is 0.339 e. The first-order valence-corrected chi connectivity index (χ1v) is 8.14. The molecule has 0 fully saturated rings. The van der Waals surface area contributed by atoms with Crippen LogP contribution in [0.1, 0.15) is 30.4 Å². The summed E-state index contributed by atoms with van der Waals surface area (Å²) in [6.07, 6.45) is 2.37. The molecule has 0 bridgehead atoms. The van der Waals surface area contributed by atoms with E-state index in [9.17, 15) is 9.59 Å². The largest absolute Gasteiger partial charge is 0.497 e. The molecule has 2 aromatic rings. The van der Waals surface area contributed by atoms with Crippen LogP contribution in [0, 0.1) is 6.92 Å². The number of aryl methyl sites for hydroxylation is 1. The lowest BCUT2D eigenvalue weighted by Crippen LogP contribution is -2.26. The summed E-state index contributed by atoms with van der Waals surface area (Å²) in [6.45, 7) is 3.11. The highest BCUT2D eigenvalue weighted by molar-refractivity contribution is 5.82. The van der Waals surface area contributed by atoms with Crippen molar-refractivity contribution < 1.29 is 13.9 Å². The summed E-state index contributed by atoms with van der Waals surface area (Å²) in [5.74, 6) is 0.565. The van der Waals surface area contributed by atoms with Gasteiger partial charge in [0.15, 0.2) is 0 Å². The minimum absolute atomic E-state index is 0.0688. The van der Waals surface area contributed by atoms with Crippen LogP contribution in [0.15, 0.2) is 27.4 Å². The van der Waals surface area contributed by atoms with Gasteiger partial charge in [-0.25, -0.2) is 4.79 Å². The fraction of sp³-hybridized carbons (Fsp3) is 0.444. The first kappa shape index (κ1) is 18.0. The van der Waals surface area contributed by atoms with Crippen LogP contribution in [0.25, 0.3) is 11.0 Å². The van der Waals surface area contributed by atoms with Gasteiger partial charge in [0.2, 0.25) is 5.91 Å². The van der Waals surface area contributed by atoms with Crippen molar-refractivity contribution in [1.29, 1.82) is 0 Å². The quantitative estimate of drug-likeness (QED) is 0.569. The molecule has 0 spiro atoms. The van der Waals surface area contributed by atoms with Gasteiger partial charge in [0.05, 0.1) is 7.11 Å². The van der Waals surface area contributed by atoms with Crippen molar-refractivity contribution in [2.45, 2.75) is 32.6 Å². The fourth-order valence-corrected chi connectivity index (χ4v) is 2.61. The highest BCUT2D eigenvalue weighted by Gasteiger charge is 2.13. The Morgan fingerprint density at radius 2 is 2.12 bits per heavy atom. The molecule has 0 atom stereocenters. The lowest BCUT2D eigenvalue weighted by atomic mass is 10.0. The van der Waals surface area contributed by atoms with Gasteiger partial charge >= 0.3 is 5.63 Å². The number of carbonyl (C=O) groups is 1. The number of hydrogen-bond acceptors (Lipinski definition) is 5. The van der Waals surface area contributed by atoms with Gasteiger partial charge in [-0.1, -0.05) is 0 Å². The molecular weight excluding hydrogens is 308 g/mol. The molecule has 130 valence electrons. The zero-order chi connectivity index (χ0) is 17.5. The first-order valence-electron chi connectivity index (χ1n) is 8.14. The molecule has 0 aliphatic heterocycles. The molecule has 1 amide bonds. The van der Waals surface area contributed by atoms with Gasteiger partial charge in [-0.2, -0.15) is 0 Å². The number of fused-ring (bicyclic) bond motifs is 1. The molecule has 0 unspecified atom stereocenters. The van der Waals surface area contributed by atoms with Gasteiger partial charge in [-0.05, 0) is 50.4 Å². The molecule has 6 heteroatoms. The number of nitrogens with two attached hydrogens (primary N) is 1. The van der Waals surface area contributed by atoms with Crippen LogP contribution in [-0.4, -0.2) is 26.1 Å². The third-order valence-corrected chi connectivity index (χ3v) is 4.05. The number of rotatable bonds is 8. The van der Waals surface area contributed by atoms with Crippen LogP contribution in [0.3, 0.4) is 0 Å². The van der Waals surface area contributed by atoms with Gasteiger partial charge in [-0.3, -0.25) is 4.79 Å². The maximum absolute atomic E-state index is 12.2. The van der Waals surface area contributed by atoms with Gasteiger partial charge in [0, 0.05) is 30.0 Å². The smallest absolute Gasteiger partial charge is 0.339 e. The minimum Gasteiger partial charge on any atom is -0.497 e. The molecule has 1 heterocycles. The first-order chi connectivity index (χ1) is 11.6. The Kier molecular flexibility index (Phi) is 6.37. The normalized spacial score (nSPS) is 10.8. The average Bonchev–Trinajstić information content (AvgIpc) is 2.58. The Balaban J connectivity index is 2.09. The third kappa shape index (κ3) is 4.35. The molecule has 2 rings (SSSR count). The predicted molar refractivity (Wildman–Crippen MR) is 93.4 cm³/mol. The Labute approximate surface area is 141 Å². The second kappa shape index (κ2) is 8.49. The topological polar surface area (TPSA) is 94.6 Å². The highest BCUT2D eigenvalue weighted by Crippen LogP contribution is 2.24. The summed E-state index contributed by atoms with van der Waals surface area (Å²) in [5.41, 5.74) is 6.90. The fourth-order valence-electron chi connectivity index (χ4n) is 2.61. The molecule has 0 radical (unpaired) electrons. The van der Waals surface area contributed by atoms with E-state index in [2.05, 4.69) is 5.32 Å². The van der Waals surface area contributed by atoms with Crippen LogP contribution in [0.4, 0.5) is 0 Å². The molecule has 1 aromatic carbocycles. The van der Waals surface area contributed by atoms with E-state index in [1.54, 1.807) is 13.2 Å². The zero-order valence-corrected chi connectivity index (χ0v) is 14.2. The Bertz CT molecular complexity index is 767. The van der Waals surface area contributed by atoms with E-state index in [0.717, 1.165) is 23.8 Å². The molecule has 1 aromatic heterocycles. The molecule has 0 saturated heterocycles. The summed E-state index contributed by atoms with van der Waals surface area (Å²) in [4.78, 5) is 24.1. The summed E-state index contributed by atoms with van der Waals surface area (Å²) >= 11 is 0. The molecule has 0 aliphatic rings. The Morgan fingerprint density at radius 1 is 1.33 bits per heavy atom. The SMILES string of the molecule is COc1ccc2c(C)c(CCC(=O)NCCCCN)c(=O)oc2c1. The number of hydrogen-bond donors (Lipinski definition) is 2. The zero-order valence-electron chi connectivity index (χ0n) is 14.2. The standard InChI is InChI=1S/C18H24N2O4/c1-12-14-6-5-13(23-2)11-16(14)24-18(22)15(12)7-8-17(21)20-10-4-3-9-19/h5-6,11H,3-4,7-10,19H2,1-2H3,(H,20,21). The van der Waals surface area contributed by atoms with Crippen molar-refractivity contribution in [2.24, 2.45) is 5.73 Å². The second-order valence-electron chi connectivity index (χ2n) is 5.70. The third-order valence-electron chi connectivity index (χ3n) is 4.05. The Hall–Kier alpha value is -2.34. The van der Waals surface area contributed by atoms with E-state index in [1.807, 2.05) is 19.1 Å². The van der Waals surface area contributed by atoms with Crippen LogP contribution in [-0.2, 0) is 11.2 Å². The van der Waals surface area contributed by atoms with Crippen molar-refractivity contribution in [1.82, 2.24) is 5.32 Å². The number of amides is 1. The number of nitrogens with one attached hydrogen (secondary N) is 1. The van der Waals surface area contributed by atoms with E-state index >= 15 is 0 Å². The number of carbonyl (C=O) groups excluding carboxylic acids is 1. The van der Waals surface area contributed by atoms with Crippen molar-refractivity contribution >= 4 is 16.9 Å². The van der Waals surface area contributed by atoms with E-state index < -0.39 is 5.63 Å². The molecule has 6 nitrogen and oxygen atoms in total. The lowest BCUT2D eigenvalue weighted by Gasteiger charge is -2.09. The minimum atomic E-state index is -0.399. The van der Waals surface area contributed by atoms with Crippen LogP contribution in [0.2, 0.25) is 0 Å². The van der Waals surface area contributed by atoms with Gasteiger partial charge in [-0.15, -0.1) is 0 Å². The Morgan fingerprint density at radius 3 is 2.83 bits per heavy atom. The molecule has 24 heavy (non-hydrogen) atoms. The summed E-state index contributed by atoms with van der Waals surface area (Å²) < 4.78 is 10.5. The summed E-state index contributed by atoms with van der Waals surface area (Å²) in [7, 11) is 1.56. The number of benzene rings is 1. The predicted octanol–water partition coefficient (Wildman–Crippen LogP) is 1.90. The van der Waals surface area contributed by atoms with Crippen LogP contribution in [0.5, 0.6) is 5.75 Å². The van der Waals surface area contributed by atoms with E-state index in [0.29, 0.717) is 36.4 Å². The van der Waals surface area contributed by atoms with Crippen molar-refractivity contribution in [2.75, 3.05) is 20.2 Å². The van der Waals surface area contributed by atoms with E-state index in [1.165, 1.54) is 0 Å². The summed E-state index contributed by atoms with van der Waals surface area (Å²) in [5, 5.41) is 3.69. The molecular formula is C18H24N2O4. The number of unbranched alkanes of at least 4 members (excludes halogenated alkanes) is 1. The molecule has 0 saturated carbocycles. The molecule has 0 aliphatic carbocycles. The van der Waals surface area contributed by atoms with E-state index in [4.69, 9.17) is 14.9 Å². The number of ether oxygens (including phenoxy) is 1. The number of methoxy groups -OCH3 is 1. The van der Waals surface area contributed by atoms with Crippen molar-refractivity contribution in [3.05, 3.63) is 39.7 Å². The van der Waals surface area contributed by atoms with Crippen LogP contribution >= 0.6 is 0 Å². The van der Waals surface area contributed by atoms with Crippen LogP contribution < -0.4 is 21.4 Å². The maximum atomic E-state index is 12.2. The van der Waals surface area contributed by atoms with Gasteiger partial charge < -0.3 is 20.2 Å². The molecule has 3 N–H and O–H groups in total. The second-order valence-corrected chi connectivity index (χ2v) is 5.70. The highest BCUT2D eigenvalue weighted by atomic mass is 16.5. The van der Waals surface area contributed by atoms with E-state index in [-0.39, 0.29) is 12.3 Å². The lowest BCUT2D eigenvalue weighted by molar-refractivity contribution is -0.121. The monoisotopic (exact) mass is 332 g/mol.